The fourth-order valence-electron chi connectivity index (χ4n) is 2.93. The van der Waals surface area contributed by atoms with Gasteiger partial charge < -0.3 is 14.8 Å². The minimum Gasteiger partial charge on any atom is -0.493 e. The van der Waals surface area contributed by atoms with E-state index in [0.717, 1.165) is 0 Å². The molecule has 3 N–H and O–H groups in total. The van der Waals surface area contributed by atoms with Gasteiger partial charge in [0.15, 0.2) is 11.5 Å². The fourth-order valence-corrected chi connectivity index (χ4v) is 4.00. The van der Waals surface area contributed by atoms with Gasteiger partial charge in [-0.05, 0) is 36.4 Å². The Morgan fingerprint density at radius 1 is 0.824 bits per heavy atom. The average Bonchev–Trinajstić information content (AvgIpc) is 2.86. The Bertz CT molecular complexity index is 1200. The molecule has 0 bridgehead atoms. The van der Waals surface area contributed by atoms with Crippen LogP contribution >= 0.6 is 23.4 Å². The summed E-state index contributed by atoms with van der Waals surface area (Å²) in [5, 5.41) is 3.05. The van der Waals surface area contributed by atoms with Crippen LogP contribution in [0.1, 0.15) is 20.7 Å². The molecule has 0 fully saturated rings. The number of ether oxygens (including phenoxy) is 2. The van der Waals surface area contributed by atoms with Crippen molar-refractivity contribution in [1.29, 1.82) is 0 Å². The second-order valence-corrected chi connectivity index (χ2v) is 8.22. The second kappa shape index (κ2) is 12.0. The summed E-state index contributed by atoms with van der Waals surface area (Å²) in [5.41, 5.74) is 5.83. The number of rotatable bonds is 8. The van der Waals surface area contributed by atoms with E-state index in [1.54, 1.807) is 66.7 Å². The Balaban J connectivity index is 1.59. The van der Waals surface area contributed by atoms with E-state index < -0.39 is 11.8 Å². The van der Waals surface area contributed by atoms with Gasteiger partial charge in [-0.2, -0.15) is 0 Å². The Kier molecular flexibility index (Phi) is 8.78. The van der Waals surface area contributed by atoms with Gasteiger partial charge in [0.1, 0.15) is 0 Å². The number of carbonyl (C=O) groups excluding carboxylic acids is 3. The molecule has 0 saturated heterocycles. The highest BCUT2D eigenvalue weighted by Crippen LogP contribution is 2.30. The van der Waals surface area contributed by atoms with Gasteiger partial charge in [0.2, 0.25) is 5.91 Å². The molecule has 34 heavy (non-hydrogen) atoms. The molecule has 3 rings (SSSR count). The molecule has 0 aliphatic rings. The van der Waals surface area contributed by atoms with Crippen LogP contribution in [-0.2, 0) is 4.79 Å². The highest BCUT2D eigenvalue weighted by Gasteiger charge is 2.15. The van der Waals surface area contributed by atoms with Gasteiger partial charge in [0.05, 0.1) is 36.1 Å². The lowest BCUT2D eigenvalue weighted by molar-refractivity contribution is -0.113. The molecule has 0 atom stereocenters. The highest BCUT2D eigenvalue weighted by atomic mass is 35.5. The molecule has 0 heterocycles. The highest BCUT2D eigenvalue weighted by molar-refractivity contribution is 8.00. The summed E-state index contributed by atoms with van der Waals surface area (Å²) in [6.07, 6.45) is 0. The Hall–Kier alpha value is -3.69. The van der Waals surface area contributed by atoms with Crippen molar-refractivity contribution in [2.75, 3.05) is 25.3 Å². The first-order valence-electron chi connectivity index (χ1n) is 10.0. The van der Waals surface area contributed by atoms with Crippen molar-refractivity contribution in [3.63, 3.8) is 0 Å². The Morgan fingerprint density at radius 3 is 2.12 bits per heavy atom. The van der Waals surface area contributed by atoms with Crippen molar-refractivity contribution >= 4 is 46.8 Å². The molecule has 3 amide bonds. The van der Waals surface area contributed by atoms with E-state index in [0.29, 0.717) is 27.6 Å². The van der Waals surface area contributed by atoms with E-state index in [1.807, 2.05) is 0 Å². The maximum absolute atomic E-state index is 12.7. The van der Waals surface area contributed by atoms with Gasteiger partial charge in [-0.3, -0.25) is 25.2 Å². The average molecular weight is 500 g/mol. The van der Waals surface area contributed by atoms with Gasteiger partial charge in [0.25, 0.3) is 11.8 Å². The molecule has 0 saturated carbocycles. The summed E-state index contributed by atoms with van der Waals surface area (Å²) >= 11 is 7.20. The molecule has 8 nitrogen and oxygen atoms in total. The number of methoxy groups -OCH3 is 2. The lowest BCUT2D eigenvalue weighted by Gasteiger charge is -2.12. The van der Waals surface area contributed by atoms with Crippen LogP contribution in [0.2, 0.25) is 5.02 Å². The van der Waals surface area contributed by atoms with E-state index >= 15 is 0 Å². The minimum atomic E-state index is -0.543. The summed E-state index contributed by atoms with van der Waals surface area (Å²) in [6, 6.07) is 18.3. The first kappa shape index (κ1) is 24.9. The number of hydrogen-bond acceptors (Lipinski definition) is 6. The van der Waals surface area contributed by atoms with E-state index in [1.165, 1.54) is 26.0 Å². The molecule has 3 aromatic rings. The van der Waals surface area contributed by atoms with Crippen LogP contribution in [0.25, 0.3) is 0 Å². The predicted molar refractivity (Wildman–Crippen MR) is 132 cm³/mol. The molecule has 0 spiro atoms. The number of anilines is 1. The largest absolute Gasteiger partial charge is 0.493 e. The van der Waals surface area contributed by atoms with Crippen LogP contribution < -0.4 is 25.6 Å². The number of hydrogen-bond donors (Lipinski definition) is 3. The van der Waals surface area contributed by atoms with E-state index in [-0.39, 0.29) is 22.2 Å². The minimum absolute atomic E-state index is 0.0601. The summed E-state index contributed by atoms with van der Waals surface area (Å²) in [7, 11) is 3.04. The van der Waals surface area contributed by atoms with Gasteiger partial charge in [0, 0.05) is 16.6 Å². The summed E-state index contributed by atoms with van der Waals surface area (Å²) in [5.74, 6) is -0.225. The number of benzene rings is 3. The zero-order valence-corrected chi connectivity index (χ0v) is 20.0. The first-order chi connectivity index (χ1) is 16.4. The smallest absolute Gasteiger partial charge is 0.271 e. The van der Waals surface area contributed by atoms with E-state index in [2.05, 4.69) is 16.2 Å². The number of nitrogens with one attached hydrogen (secondary N) is 3. The molecule has 0 aliphatic carbocycles. The van der Waals surface area contributed by atoms with Crippen LogP contribution in [-0.4, -0.2) is 37.7 Å². The third-order valence-corrected chi connectivity index (χ3v) is 5.97. The Morgan fingerprint density at radius 2 is 1.44 bits per heavy atom. The topological polar surface area (TPSA) is 106 Å². The zero-order valence-electron chi connectivity index (χ0n) is 18.4. The quantitative estimate of drug-likeness (QED) is 0.317. The molecule has 0 radical (unpaired) electrons. The summed E-state index contributed by atoms with van der Waals surface area (Å²) in [4.78, 5) is 38.0. The van der Waals surface area contributed by atoms with Crippen molar-refractivity contribution in [3.8, 4) is 11.5 Å². The molecule has 176 valence electrons. The maximum Gasteiger partial charge on any atom is 0.271 e. The number of hydrazine groups is 1. The number of halogens is 1. The van der Waals surface area contributed by atoms with Crippen LogP contribution in [0.5, 0.6) is 11.5 Å². The standard InChI is InChI=1S/C24H22ClN3O5S/c1-32-19-12-11-15(13-20(19)33-2)26-22(29)14-34-21-10-6-4-8-17(21)24(31)28-27-23(30)16-7-3-5-9-18(16)25/h3-13H,14H2,1-2H3,(H,26,29)(H,27,30)(H,28,31). The summed E-state index contributed by atoms with van der Waals surface area (Å²) < 4.78 is 10.4. The van der Waals surface area contributed by atoms with Gasteiger partial charge >= 0.3 is 0 Å². The lowest BCUT2D eigenvalue weighted by Crippen LogP contribution is -2.41. The van der Waals surface area contributed by atoms with E-state index in [4.69, 9.17) is 21.1 Å². The monoisotopic (exact) mass is 499 g/mol. The number of amides is 3. The van der Waals surface area contributed by atoms with Crippen molar-refractivity contribution in [2.45, 2.75) is 4.90 Å². The SMILES string of the molecule is COc1ccc(NC(=O)CSc2ccccc2C(=O)NNC(=O)c2ccccc2Cl)cc1OC. The van der Waals surface area contributed by atoms with Gasteiger partial charge in [-0.1, -0.05) is 35.9 Å². The zero-order chi connectivity index (χ0) is 24.5. The van der Waals surface area contributed by atoms with Crippen molar-refractivity contribution < 1.29 is 23.9 Å². The van der Waals surface area contributed by atoms with Gasteiger partial charge in [-0.25, -0.2) is 0 Å². The molecular formula is C24H22ClN3O5S. The van der Waals surface area contributed by atoms with Crippen LogP contribution in [0.15, 0.2) is 71.6 Å². The normalized spacial score (nSPS) is 10.2. The van der Waals surface area contributed by atoms with Crippen molar-refractivity contribution in [3.05, 3.63) is 82.9 Å². The predicted octanol–water partition coefficient (Wildman–Crippen LogP) is 4.16. The molecular weight excluding hydrogens is 478 g/mol. The third-order valence-electron chi connectivity index (χ3n) is 4.57. The lowest BCUT2D eigenvalue weighted by atomic mass is 10.2. The number of thioether (sulfide) groups is 1. The van der Waals surface area contributed by atoms with Crippen molar-refractivity contribution in [1.82, 2.24) is 10.9 Å². The maximum atomic E-state index is 12.7. The Labute approximate surface area is 205 Å². The van der Waals surface area contributed by atoms with Crippen LogP contribution in [0.3, 0.4) is 0 Å². The molecule has 0 aliphatic heterocycles. The molecule has 3 aromatic carbocycles. The van der Waals surface area contributed by atoms with Crippen LogP contribution in [0.4, 0.5) is 5.69 Å². The second-order valence-electron chi connectivity index (χ2n) is 6.79. The van der Waals surface area contributed by atoms with Crippen molar-refractivity contribution in [2.24, 2.45) is 0 Å². The fraction of sp³-hybridized carbons (Fsp3) is 0.125. The van der Waals surface area contributed by atoms with Gasteiger partial charge in [-0.15, -0.1) is 11.8 Å². The summed E-state index contributed by atoms with van der Waals surface area (Å²) in [6.45, 7) is 0. The van der Waals surface area contributed by atoms with Crippen LogP contribution in [0, 0.1) is 0 Å². The molecule has 0 unspecified atom stereocenters. The molecule has 0 aromatic heterocycles. The molecule has 10 heteroatoms. The van der Waals surface area contributed by atoms with E-state index in [9.17, 15) is 14.4 Å². The third kappa shape index (κ3) is 6.43. The first-order valence-corrected chi connectivity index (χ1v) is 11.4. The number of carbonyl (C=O) groups is 3.